The molecule has 2 aromatic carbocycles. The molecule has 0 unspecified atom stereocenters. The van der Waals surface area contributed by atoms with Gasteiger partial charge >= 0.3 is 0 Å². The molecule has 2 aromatic rings. The molecule has 0 atom stereocenters. The summed E-state index contributed by atoms with van der Waals surface area (Å²) in [4.78, 5) is 40.3. The number of halogens is 2. The number of carbonyl (C=O) groups is 3. The molecule has 10 heteroatoms. The van der Waals surface area contributed by atoms with Crippen molar-refractivity contribution in [3.05, 3.63) is 63.7 Å². The van der Waals surface area contributed by atoms with E-state index in [4.69, 9.17) is 27.9 Å². The van der Waals surface area contributed by atoms with Crippen LogP contribution in [-0.4, -0.2) is 40.7 Å². The fraction of sp³-hybridized carbons (Fsp3) is 0.174. The fourth-order valence-corrected chi connectivity index (χ4v) is 3.80. The summed E-state index contributed by atoms with van der Waals surface area (Å²) in [7, 11) is 0. The van der Waals surface area contributed by atoms with Crippen molar-refractivity contribution >= 4 is 58.0 Å². The largest absolute Gasteiger partial charge is 0.508 e. The molecule has 0 saturated heterocycles. The molecule has 0 radical (unpaired) electrons. The zero-order valence-electron chi connectivity index (χ0n) is 17.3. The van der Waals surface area contributed by atoms with E-state index in [-0.39, 0.29) is 57.7 Å². The number of hydrogen-bond acceptors (Lipinski definition) is 7. The summed E-state index contributed by atoms with van der Waals surface area (Å²) >= 11 is 12.7. The number of ketones is 2. The van der Waals surface area contributed by atoms with Gasteiger partial charge in [0.05, 0.1) is 22.2 Å². The van der Waals surface area contributed by atoms with Crippen LogP contribution in [0.4, 0.5) is 5.69 Å². The average molecular weight is 486 g/mol. The Kier molecular flexibility index (Phi) is 6.31. The van der Waals surface area contributed by atoms with Crippen LogP contribution >= 0.6 is 23.2 Å². The van der Waals surface area contributed by atoms with Gasteiger partial charge in [0.2, 0.25) is 5.90 Å². The number of hydrogen-bond donors (Lipinski definition) is 1. The molecule has 0 aromatic heterocycles. The van der Waals surface area contributed by atoms with E-state index in [1.165, 1.54) is 25.1 Å². The average Bonchev–Trinajstić information content (AvgIpc) is 2.77. The lowest BCUT2D eigenvalue weighted by Gasteiger charge is -2.23. The Labute approximate surface area is 198 Å². The summed E-state index contributed by atoms with van der Waals surface area (Å²) in [5.74, 6) is -0.573. The number of dihydropyridines is 1. The number of aliphatic imine (C=N–C) groups is 1. The maximum Gasteiger partial charge on any atom is 0.255 e. The van der Waals surface area contributed by atoms with Gasteiger partial charge < -0.3 is 9.84 Å². The minimum Gasteiger partial charge on any atom is -0.508 e. The third-order valence-electron chi connectivity index (χ3n) is 5.00. The van der Waals surface area contributed by atoms with Gasteiger partial charge in [-0.25, -0.2) is 4.99 Å². The summed E-state index contributed by atoms with van der Waals surface area (Å²) in [5, 5.41) is 14.7. The fourth-order valence-electron chi connectivity index (χ4n) is 3.25. The van der Waals surface area contributed by atoms with Crippen LogP contribution in [0.1, 0.15) is 18.9 Å². The minimum atomic E-state index is -0.497. The lowest BCUT2D eigenvalue weighted by molar-refractivity contribution is -0.124. The SMILES string of the molecule is CC1=NN(c2cc(Cl)c(OC3=NCC(=O)C(Cc4ccc(O)cc4)=C3)c(Cl)c2)C(=O)CC1=O. The number of carbonyl (C=O) groups excluding carboxylic acids is 3. The predicted molar refractivity (Wildman–Crippen MR) is 125 cm³/mol. The Morgan fingerprint density at radius 2 is 1.73 bits per heavy atom. The predicted octanol–water partition coefficient (Wildman–Crippen LogP) is 3.91. The molecule has 0 saturated carbocycles. The van der Waals surface area contributed by atoms with Gasteiger partial charge in [-0.3, -0.25) is 14.4 Å². The Hall–Kier alpha value is -3.49. The highest BCUT2D eigenvalue weighted by molar-refractivity contribution is 6.44. The van der Waals surface area contributed by atoms with E-state index in [9.17, 15) is 19.5 Å². The first-order valence-corrected chi connectivity index (χ1v) is 10.6. The van der Waals surface area contributed by atoms with E-state index in [2.05, 4.69) is 10.1 Å². The molecule has 4 rings (SSSR count). The molecule has 0 spiro atoms. The van der Waals surface area contributed by atoms with Crippen LogP contribution < -0.4 is 9.75 Å². The number of ether oxygens (including phenoxy) is 1. The number of aromatic hydroxyl groups is 1. The maximum absolute atomic E-state index is 12.3. The van der Waals surface area contributed by atoms with Crippen molar-refractivity contribution in [2.45, 2.75) is 19.8 Å². The Morgan fingerprint density at radius 3 is 2.39 bits per heavy atom. The summed E-state index contributed by atoms with van der Waals surface area (Å²) < 4.78 is 5.78. The number of Topliss-reactive ketones (excluding diaryl/α,β-unsaturated/α-hetero) is 2. The quantitative estimate of drug-likeness (QED) is 0.660. The molecule has 33 heavy (non-hydrogen) atoms. The number of phenolic OH excluding ortho intramolecular Hbond substituents is 1. The Balaban J connectivity index is 1.57. The van der Waals surface area contributed by atoms with Crippen molar-refractivity contribution < 1.29 is 24.2 Å². The third kappa shape index (κ3) is 4.97. The van der Waals surface area contributed by atoms with Crippen molar-refractivity contribution in [2.75, 3.05) is 11.6 Å². The molecule has 1 amide bonds. The highest BCUT2D eigenvalue weighted by Gasteiger charge is 2.28. The summed E-state index contributed by atoms with van der Waals surface area (Å²) in [5.41, 5.74) is 1.82. The molecular formula is C23H17Cl2N3O5. The number of benzene rings is 2. The van der Waals surface area contributed by atoms with Gasteiger partial charge in [0.15, 0.2) is 17.3 Å². The molecule has 0 fully saturated rings. The highest BCUT2D eigenvalue weighted by atomic mass is 35.5. The van der Waals surface area contributed by atoms with Crippen LogP contribution in [0.25, 0.3) is 0 Å². The van der Waals surface area contributed by atoms with Gasteiger partial charge in [0.1, 0.15) is 18.0 Å². The molecule has 168 valence electrons. The van der Waals surface area contributed by atoms with E-state index < -0.39 is 5.91 Å². The Morgan fingerprint density at radius 1 is 1.06 bits per heavy atom. The molecule has 1 N–H and O–H groups in total. The van der Waals surface area contributed by atoms with Crippen molar-refractivity contribution in [1.29, 1.82) is 0 Å². The highest BCUT2D eigenvalue weighted by Crippen LogP contribution is 2.38. The first-order valence-electron chi connectivity index (χ1n) is 9.85. The van der Waals surface area contributed by atoms with Crippen molar-refractivity contribution in [1.82, 2.24) is 0 Å². The summed E-state index contributed by atoms with van der Waals surface area (Å²) in [6.45, 7) is 1.43. The second-order valence-electron chi connectivity index (χ2n) is 7.42. The van der Waals surface area contributed by atoms with Gasteiger partial charge in [-0.2, -0.15) is 10.1 Å². The molecule has 0 aliphatic carbocycles. The smallest absolute Gasteiger partial charge is 0.255 e. The third-order valence-corrected chi connectivity index (χ3v) is 5.56. The van der Waals surface area contributed by atoms with Crippen LogP contribution in [0.15, 0.2) is 58.1 Å². The Bertz CT molecular complexity index is 1240. The lowest BCUT2D eigenvalue weighted by Crippen LogP contribution is -2.36. The number of hydrazone groups is 1. The molecule has 2 aliphatic heterocycles. The van der Waals surface area contributed by atoms with Gasteiger partial charge in [-0.1, -0.05) is 35.3 Å². The number of amides is 1. The number of rotatable bonds is 4. The van der Waals surface area contributed by atoms with E-state index in [0.29, 0.717) is 17.7 Å². The minimum absolute atomic E-state index is 0.0864. The van der Waals surface area contributed by atoms with Crippen LogP contribution in [0, 0.1) is 0 Å². The van der Waals surface area contributed by atoms with Gasteiger partial charge in [0.25, 0.3) is 5.91 Å². The first kappa shape index (κ1) is 22.7. The number of phenols is 1. The van der Waals surface area contributed by atoms with Gasteiger partial charge in [-0.05, 0) is 36.8 Å². The van der Waals surface area contributed by atoms with Crippen LogP contribution in [0.3, 0.4) is 0 Å². The van der Waals surface area contributed by atoms with Crippen LogP contribution in [0.5, 0.6) is 11.5 Å². The van der Waals surface area contributed by atoms with Crippen molar-refractivity contribution in [2.24, 2.45) is 10.1 Å². The van der Waals surface area contributed by atoms with E-state index in [1.54, 1.807) is 24.3 Å². The summed E-state index contributed by atoms with van der Waals surface area (Å²) in [6.07, 6.45) is 1.57. The topological polar surface area (TPSA) is 109 Å². The number of anilines is 1. The second kappa shape index (κ2) is 9.17. The standard InChI is InChI=1S/C23H17Cl2N3O5/c1-12-19(30)10-22(32)28(27-12)15-8-17(24)23(18(25)9-15)33-21-7-14(20(31)11-26-21)6-13-2-4-16(29)5-3-13/h2-5,7-9,29H,6,10-11H2,1H3. The first-order chi connectivity index (χ1) is 15.7. The molecule has 8 nitrogen and oxygen atoms in total. The number of nitrogens with zero attached hydrogens (tertiary/aromatic N) is 3. The van der Waals surface area contributed by atoms with E-state index in [0.717, 1.165) is 10.6 Å². The van der Waals surface area contributed by atoms with Gasteiger partial charge in [0, 0.05) is 18.1 Å². The van der Waals surface area contributed by atoms with Crippen LogP contribution in [-0.2, 0) is 20.8 Å². The maximum atomic E-state index is 12.3. The molecule has 2 heterocycles. The molecular weight excluding hydrogens is 469 g/mol. The van der Waals surface area contributed by atoms with Crippen molar-refractivity contribution in [3.8, 4) is 11.5 Å². The summed E-state index contributed by atoms with van der Waals surface area (Å²) in [6, 6.07) is 9.43. The zero-order chi connectivity index (χ0) is 23.7. The lowest BCUT2D eigenvalue weighted by atomic mass is 10.00. The zero-order valence-corrected chi connectivity index (χ0v) is 18.9. The monoisotopic (exact) mass is 485 g/mol. The molecule has 0 bridgehead atoms. The normalized spacial score (nSPS) is 16.4. The van der Waals surface area contributed by atoms with E-state index in [1.807, 2.05) is 0 Å². The van der Waals surface area contributed by atoms with Crippen molar-refractivity contribution in [3.63, 3.8) is 0 Å². The molecule has 2 aliphatic rings. The van der Waals surface area contributed by atoms with Gasteiger partial charge in [-0.15, -0.1) is 0 Å². The second-order valence-corrected chi connectivity index (χ2v) is 8.24. The van der Waals surface area contributed by atoms with Crippen LogP contribution in [0.2, 0.25) is 10.0 Å². The van der Waals surface area contributed by atoms with E-state index >= 15 is 0 Å².